The molecule has 0 saturated carbocycles. The molecule has 0 spiro atoms. The molecule has 8 heteroatoms. The molecule has 1 heterocycles. The number of carbonyl (C=O) groups is 2. The first-order valence-electron chi connectivity index (χ1n) is 6.32. The van der Waals surface area contributed by atoms with Gasteiger partial charge in [0.1, 0.15) is 5.56 Å². The van der Waals surface area contributed by atoms with Crippen molar-refractivity contribution in [3.05, 3.63) is 51.2 Å². The molecule has 0 bridgehead atoms. The lowest BCUT2D eigenvalue weighted by Gasteiger charge is -2.05. The van der Waals surface area contributed by atoms with Crippen molar-refractivity contribution in [2.45, 2.75) is 13.8 Å². The second-order valence-corrected chi connectivity index (χ2v) is 4.62. The second kappa shape index (κ2) is 5.76. The van der Waals surface area contributed by atoms with Gasteiger partial charge >= 0.3 is 5.97 Å². The number of ketones is 1. The Balaban J connectivity index is 2.45. The van der Waals surface area contributed by atoms with Crippen molar-refractivity contribution in [3.63, 3.8) is 0 Å². The number of hydrogen-bond donors (Lipinski definition) is 0. The summed E-state index contributed by atoms with van der Waals surface area (Å²) < 4.78 is 6.33. The van der Waals surface area contributed by atoms with Crippen LogP contribution in [0.5, 0.6) is 5.88 Å². The summed E-state index contributed by atoms with van der Waals surface area (Å²) in [6, 6.07) is 5.18. The number of rotatable bonds is 4. The zero-order chi connectivity index (χ0) is 16.4. The minimum Gasteiger partial charge on any atom is -0.407 e. The third kappa shape index (κ3) is 2.85. The number of ether oxygens (including phenoxy) is 1. The van der Waals surface area contributed by atoms with Gasteiger partial charge in [-0.25, -0.2) is 4.68 Å². The fourth-order valence-corrected chi connectivity index (χ4v) is 2.03. The Kier molecular flexibility index (Phi) is 4.02. The monoisotopic (exact) mass is 303 g/mol. The van der Waals surface area contributed by atoms with Crippen molar-refractivity contribution in [2.75, 3.05) is 0 Å². The van der Waals surface area contributed by atoms with E-state index in [4.69, 9.17) is 4.74 Å². The van der Waals surface area contributed by atoms with Crippen molar-refractivity contribution < 1.29 is 19.2 Å². The first kappa shape index (κ1) is 15.4. The molecule has 0 amide bonds. The molecule has 22 heavy (non-hydrogen) atoms. The van der Waals surface area contributed by atoms with Crippen LogP contribution in [0, 0.1) is 17.0 Å². The highest BCUT2D eigenvalue weighted by molar-refractivity contribution is 6.11. The van der Waals surface area contributed by atoms with E-state index in [2.05, 4.69) is 5.10 Å². The van der Waals surface area contributed by atoms with Crippen molar-refractivity contribution >= 4 is 17.4 Å². The van der Waals surface area contributed by atoms with Gasteiger partial charge in [0.05, 0.1) is 10.6 Å². The Hall–Kier alpha value is -3.03. The van der Waals surface area contributed by atoms with Gasteiger partial charge in [0.25, 0.3) is 5.69 Å². The van der Waals surface area contributed by atoms with Crippen LogP contribution in [0.2, 0.25) is 0 Å². The largest absolute Gasteiger partial charge is 0.407 e. The van der Waals surface area contributed by atoms with Crippen LogP contribution in [0.15, 0.2) is 24.3 Å². The molecule has 0 N–H and O–H groups in total. The maximum Gasteiger partial charge on any atom is 0.309 e. The molecule has 2 aromatic rings. The molecule has 0 aliphatic rings. The molecule has 0 unspecified atom stereocenters. The van der Waals surface area contributed by atoms with Crippen LogP contribution in [-0.4, -0.2) is 26.5 Å². The van der Waals surface area contributed by atoms with Crippen molar-refractivity contribution in [2.24, 2.45) is 7.05 Å². The Morgan fingerprint density at radius 1 is 1.27 bits per heavy atom. The molecule has 0 radical (unpaired) electrons. The van der Waals surface area contributed by atoms with Crippen molar-refractivity contribution in [1.82, 2.24) is 9.78 Å². The molecular formula is C14H13N3O5. The lowest BCUT2D eigenvalue weighted by Crippen LogP contribution is -2.10. The highest BCUT2D eigenvalue weighted by Crippen LogP contribution is 2.25. The fraction of sp³-hybridized carbons (Fsp3) is 0.214. The van der Waals surface area contributed by atoms with E-state index in [0.717, 1.165) is 0 Å². The van der Waals surface area contributed by atoms with Crippen LogP contribution in [0.25, 0.3) is 0 Å². The maximum absolute atomic E-state index is 12.5. The molecule has 8 nitrogen and oxygen atoms in total. The van der Waals surface area contributed by atoms with E-state index >= 15 is 0 Å². The molecule has 0 atom stereocenters. The number of nitrogens with zero attached hydrogens (tertiary/aromatic N) is 3. The fourth-order valence-electron chi connectivity index (χ4n) is 2.03. The van der Waals surface area contributed by atoms with Gasteiger partial charge in [-0.05, 0) is 19.1 Å². The van der Waals surface area contributed by atoms with Crippen LogP contribution >= 0.6 is 0 Å². The third-order valence-electron chi connectivity index (χ3n) is 2.98. The van der Waals surface area contributed by atoms with E-state index < -0.39 is 16.7 Å². The van der Waals surface area contributed by atoms with E-state index in [1.807, 2.05) is 0 Å². The predicted octanol–water partition coefficient (Wildman–Crippen LogP) is 1.79. The highest BCUT2D eigenvalue weighted by Gasteiger charge is 2.24. The first-order chi connectivity index (χ1) is 10.3. The molecule has 0 saturated heterocycles. The molecule has 0 aliphatic heterocycles. The topological polar surface area (TPSA) is 104 Å². The zero-order valence-electron chi connectivity index (χ0n) is 12.2. The summed E-state index contributed by atoms with van der Waals surface area (Å²) >= 11 is 0. The van der Waals surface area contributed by atoms with Crippen LogP contribution in [0.1, 0.15) is 28.5 Å². The second-order valence-electron chi connectivity index (χ2n) is 4.62. The van der Waals surface area contributed by atoms with E-state index in [9.17, 15) is 19.7 Å². The lowest BCUT2D eigenvalue weighted by atomic mass is 10.0. The number of carbonyl (C=O) groups excluding carboxylic acids is 2. The Bertz CT molecular complexity index is 762. The first-order valence-corrected chi connectivity index (χ1v) is 6.32. The van der Waals surface area contributed by atoms with E-state index in [1.54, 1.807) is 14.0 Å². The zero-order valence-corrected chi connectivity index (χ0v) is 12.2. The lowest BCUT2D eigenvalue weighted by molar-refractivity contribution is -0.384. The average Bonchev–Trinajstić information content (AvgIpc) is 2.72. The Morgan fingerprint density at radius 3 is 2.36 bits per heavy atom. The molecule has 0 aliphatic carbocycles. The van der Waals surface area contributed by atoms with Crippen LogP contribution < -0.4 is 4.74 Å². The molecule has 1 aromatic heterocycles. The minimum absolute atomic E-state index is 0.0494. The van der Waals surface area contributed by atoms with Gasteiger partial charge in [-0.1, -0.05) is 0 Å². The molecule has 1 aromatic carbocycles. The van der Waals surface area contributed by atoms with Gasteiger partial charge in [0.15, 0.2) is 5.78 Å². The van der Waals surface area contributed by atoms with Crippen LogP contribution in [0.3, 0.4) is 0 Å². The normalized spacial score (nSPS) is 10.3. The number of benzene rings is 1. The van der Waals surface area contributed by atoms with Crippen molar-refractivity contribution in [1.29, 1.82) is 0 Å². The van der Waals surface area contributed by atoms with Crippen LogP contribution in [0.4, 0.5) is 5.69 Å². The number of aromatic nitrogens is 2. The quantitative estimate of drug-likeness (QED) is 0.369. The molecule has 2 rings (SSSR count). The van der Waals surface area contributed by atoms with Gasteiger partial charge in [0.2, 0.25) is 5.88 Å². The number of hydrogen-bond acceptors (Lipinski definition) is 6. The summed E-state index contributed by atoms with van der Waals surface area (Å²) in [7, 11) is 1.55. The smallest absolute Gasteiger partial charge is 0.309 e. The standard InChI is InChI=1S/C14H13N3O5/c1-8-12(14(16(3)15-8)22-9(2)18)13(19)10-4-6-11(7-5-10)17(20)21/h4-7H,1-3H3. The van der Waals surface area contributed by atoms with Gasteiger partial charge < -0.3 is 4.74 Å². The maximum atomic E-state index is 12.5. The summed E-state index contributed by atoms with van der Waals surface area (Å²) in [6.07, 6.45) is 0. The average molecular weight is 303 g/mol. The van der Waals surface area contributed by atoms with Crippen LogP contribution in [-0.2, 0) is 11.8 Å². The SMILES string of the molecule is CC(=O)Oc1c(C(=O)c2ccc([N+](=O)[O-])cc2)c(C)nn1C. The number of non-ortho nitro benzene ring substituents is 1. The summed E-state index contributed by atoms with van der Waals surface area (Å²) in [4.78, 5) is 33.8. The molecule has 114 valence electrons. The number of nitro benzene ring substituents is 1. The Labute approximate surface area is 125 Å². The Morgan fingerprint density at radius 2 is 1.86 bits per heavy atom. The number of aryl methyl sites for hydroxylation is 2. The number of nitro groups is 1. The van der Waals surface area contributed by atoms with E-state index in [1.165, 1.54) is 35.9 Å². The minimum atomic E-state index is -0.569. The van der Waals surface area contributed by atoms with Gasteiger partial charge in [-0.3, -0.25) is 19.7 Å². The summed E-state index contributed by atoms with van der Waals surface area (Å²) in [5.41, 5.74) is 0.698. The summed E-state index contributed by atoms with van der Waals surface area (Å²) in [5.74, 6) is -0.939. The van der Waals surface area contributed by atoms with Crippen molar-refractivity contribution in [3.8, 4) is 5.88 Å². The van der Waals surface area contributed by atoms with E-state index in [-0.39, 0.29) is 22.7 Å². The van der Waals surface area contributed by atoms with Gasteiger partial charge in [-0.15, -0.1) is 0 Å². The predicted molar refractivity (Wildman–Crippen MR) is 75.8 cm³/mol. The van der Waals surface area contributed by atoms with Gasteiger partial charge in [0, 0.05) is 31.7 Å². The van der Waals surface area contributed by atoms with Gasteiger partial charge in [-0.2, -0.15) is 5.10 Å². The number of esters is 1. The third-order valence-corrected chi connectivity index (χ3v) is 2.98. The summed E-state index contributed by atoms with van der Waals surface area (Å²) in [6.45, 7) is 2.84. The summed E-state index contributed by atoms with van der Waals surface area (Å²) in [5, 5.41) is 14.7. The molecular weight excluding hydrogens is 290 g/mol. The highest BCUT2D eigenvalue weighted by atomic mass is 16.6. The molecule has 0 fully saturated rings. The van der Waals surface area contributed by atoms with E-state index in [0.29, 0.717) is 5.69 Å².